The third-order valence-electron chi connectivity index (χ3n) is 5.36. The van der Waals surface area contributed by atoms with Crippen LogP contribution in [-0.2, 0) is 16.7 Å². The fourth-order valence-electron chi connectivity index (χ4n) is 3.26. The zero-order chi connectivity index (χ0) is 24.9. The lowest BCUT2D eigenvalue weighted by atomic mass is 10.1. The van der Waals surface area contributed by atoms with E-state index in [1.807, 2.05) is 13.8 Å². The van der Waals surface area contributed by atoms with Crippen molar-refractivity contribution in [3.8, 4) is 11.5 Å². The highest BCUT2D eigenvalue weighted by Crippen LogP contribution is 2.32. The molecule has 0 aliphatic heterocycles. The zero-order valence-electron chi connectivity index (χ0n) is 19.0. The van der Waals surface area contributed by atoms with Crippen molar-refractivity contribution in [3.05, 3.63) is 89.5 Å². The predicted octanol–water partition coefficient (Wildman–Crippen LogP) is 5.18. The minimum atomic E-state index is -4.26. The lowest BCUT2D eigenvalue weighted by molar-refractivity contribution is 0.0671. The Balaban J connectivity index is 1.91. The van der Waals surface area contributed by atoms with Crippen LogP contribution >= 0.6 is 0 Å². The number of hydrogen-bond acceptors (Lipinski definition) is 5. The van der Waals surface area contributed by atoms with Crippen molar-refractivity contribution >= 4 is 16.0 Å². The maximum Gasteiger partial charge on any atom is 0.339 e. The molecule has 0 saturated carbocycles. The number of carbonyl (C=O) groups excluding carboxylic acids is 1. The highest BCUT2D eigenvalue weighted by Gasteiger charge is 2.23. The number of halogens is 2. The largest absolute Gasteiger partial charge is 0.493 e. The quantitative estimate of drug-likeness (QED) is 0.387. The van der Waals surface area contributed by atoms with Crippen LogP contribution in [0.5, 0.6) is 11.5 Å². The molecule has 0 radical (unpaired) electrons. The molecule has 0 bridgehead atoms. The van der Waals surface area contributed by atoms with Crippen LogP contribution < -0.4 is 8.92 Å². The Labute approximate surface area is 197 Å². The number of rotatable bonds is 9. The van der Waals surface area contributed by atoms with E-state index in [9.17, 15) is 22.0 Å². The van der Waals surface area contributed by atoms with Gasteiger partial charge in [0.1, 0.15) is 16.5 Å². The molecule has 0 spiro atoms. The van der Waals surface area contributed by atoms with Crippen LogP contribution in [0.1, 0.15) is 36.2 Å². The van der Waals surface area contributed by atoms with E-state index in [1.54, 1.807) is 17.0 Å². The van der Waals surface area contributed by atoms with E-state index in [1.165, 1.54) is 37.4 Å². The van der Waals surface area contributed by atoms with Crippen molar-refractivity contribution in [1.82, 2.24) is 4.90 Å². The van der Waals surface area contributed by atoms with Crippen molar-refractivity contribution in [2.45, 2.75) is 37.8 Å². The van der Waals surface area contributed by atoms with Gasteiger partial charge in [0.05, 0.1) is 7.11 Å². The molecule has 1 amide bonds. The molecule has 180 valence electrons. The van der Waals surface area contributed by atoms with E-state index in [-0.39, 0.29) is 34.9 Å². The van der Waals surface area contributed by atoms with E-state index in [2.05, 4.69) is 0 Å². The molecular weight excluding hydrogens is 464 g/mol. The minimum absolute atomic E-state index is 0.0670. The average molecular weight is 490 g/mol. The van der Waals surface area contributed by atoms with Crippen molar-refractivity contribution in [3.63, 3.8) is 0 Å². The molecule has 0 fully saturated rings. The molecule has 0 saturated heterocycles. The number of amides is 1. The summed E-state index contributed by atoms with van der Waals surface area (Å²) in [5, 5.41) is 0. The highest BCUT2D eigenvalue weighted by atomic mass is 32.2. The number of hydrogen-bond donors (Lipinski definition) is 0. The van der Waals surface area contributed by atoms with Crippen molar-refractivity contribution in [2.24, 2.45) is 0 Å². The van der Waals surface area contributed by atoms with E-state index in [0.29, 0.717) is 17.5 Å². The maximum absolute atomic E-state index is 13.3. The fraction of sp³-hybridized carbons (Fsp3) is 0.240. The number of benzene rings is 3. The Morgan fingerprint density at radius 3 is 2.09 bits per heavy atom. The lowest BCUT2D eigenvalue weighted by Crippen LogP contribution is -2.37. The summed E-state index contributed by atoms with van der Waals surface area (Å²) in [5.74, 6) is -1.19. The molecule has 0 aromatic heterocycles. The minimum Gasteiger partial charge on any atom is -0.493 e. The van der Waals surface area contributed by atoms with Gasteiger partial charge in [-0.3, -0.25) is 4.79 Å². The first-order valence-corrected chi connectivity index (χ1v) is 12.0. The normalized spacial score (nSPS) is 12.1. The molecular formula is C25H25F2NO5S. The Morgan fingerprint density at radius 2 is 1.53 bits per heavy atom. The second-order valence-electron chi connectivity index (χ2n) is 7.67. The summed E-state index contributed by atoms with van der Waals surface area (Å²) >= 11 is 0. The summed E-state index contributed by atoms with van der Waals surface area (Å²) in [6.45, 7) is 3.98. The van der Waals surface area contributed by atoms with Gasteiger partial charge in [0.2, 0.25) is 0 Å². The Hall–Kier alpha value is -3.46. The third-order valence-corrected chi connectivity index (χ3v) is 6.61. The molecule has 3 rings (SSSR count). The van der Waals surface area contributed by atoms with Crippen LogP contribution in [0.25, 0.3) is 0 Å². The number of ether oxygens (including phenoxy) is 1. The van der Waals surface area contributed by atoms with Crippen LogP contribution in [0.2, 0.25) is 0 Å². The van der Waals surface area contributed by atoms with Gasteiger partial charge < -0.3 is 13.8 Å². The summed E-state index contributed by atoms with van der Waals surface area (Å²) in [6.07, 6.45) is 0.672. The standard InChI is InChI=1S/C25H25F2NO5S/c1-4-17(2)28(25(29)19-6-8-20(26)9-7-19)16-18-5-14-23(32-3)24(15-18)33-34(30,31)22-12-10-21(27)11-13-22/h5-15,17H,4,16H2,1-3H3. The molecule has 1 unspecified atom stereocenters. The van der Waals surface area contributed by atoms with Crippen molar-refractivity contribution in [2.75, 3.05) is 7.11 Å². The van der Waals surface area contributed by atoms with Gasteiger partial charge in [-0.05, 0) is 79.6 Å². The SMILES string of the molecule is CCC(C)N(Cc1ccc(OC)c(OS(=O)(=O)c2ccc(F)cc2)c1)C(=O)c1ccc(F)cc1. The van der Waals surface area contributed by atoms with E-state index < -0.39 is 21.8 Å². The van der Waals surface area contributed by atoms with Crippen LogP contribution in [0.3, 0.4) is 0 Å². The van der Waals surface area contributed by atoms with Gasteiger partial charge in [-0.1, -0.05) is 13.0 Å². The van der Waals surface area contributed by atoms with Gasteiger partial charge in [-0.2, -0.15) is 8.42 Å². The topological polar surface area (TPSA) is 72.9 Å². The van der Waals surface area contributed by atoms with Crippen LogP contribution in [0.15, 0.2) is 71.6 Å². The molecule has 3 aromatic rings. The molecule has 3 aromatic carbocycles. The molecule has 0 aliphatic rings. The second-order valence-corrected chi connectivity index (χ2v) is 9.22. The van der Waals surface area contributed by atoms with Crippen molar-refractivity contribution < 1.29 is 30.9 Å². The first-order chi connectivity index (χ1) is 16.1. The van der Waals surface area contributed by atoms with Crippen molar-refractivity contribution in [1.29, 1.82) is 0 Å². The summed E-state index contributed by atoms with van der Waals surface area (Å²) in [6, 6.07) is 14.1. The zero-order valence-corrected chi connectivity index (χ0v) is 19.8. The van der Waals surface area contributed by atoms with E-state index in [0.717, 1.165) is 24.3 Å². The number of carbonyl (C=O) groups is 1. The van der Waals surface area contributed by atoms with Gasteiger partial charge in [0.25, 0.3) is 5.91 Å². The van der Waals surface area contributed by atoms with Gasteiger partial charge in [0, 0.05) is 18.2 Å². The van der Waals surface area contributed by atoms with Crippen LogP contribution in [0, 0.1) is 11.6 Å². The van der Waals surface area contributed by atoms with Gasteiger partial charge in [0.15, 0.2) is 11.5 Å². The lowest BCUT2D eigenvalue weighted by Gasteiger charge is -2.29. The summed E-state index contributed by atoms with van der Waals surface area (Å²) in [5.41, 5.74) is 0.937. The van der Waals surface area contributed by atoms with E-state index >= 15 is 0 Å². The Kier molecular flexibility index (Phi) is 7.88. The first-order valence-electron chi connectivity index (χ1n) is 10.6. The second kappa shape index (κ2) is 10.6. The number of methoxy groups -OCH3 is 1. The summed E-state index contributed by atoms with van der Waals surface area (Å²) in [4.78, 5) is 14.5. The van der Waals surface area contributed by atoms with Crippen LogP contribution in [-0.4, -0.2) is 32.4 Å². The van der Waals surface area contributed by atoms with Crippen LogP contribution in [0.4, 0.5) is 8.78 Å². The summed E-state index contributed by atoms with van der Waals surface area (Å²) < 4.78 is 62.4. The molecule has 1 atom stereocenters. The predicted molar refractivity (Wildman–Crippen MR) is 123 cm³/mol. The molecule has 0 N–H and O–H groups in total. The maximum atomic E-state index is 13.3. The smallest absolute Gasteiger partial charge is 0.339 e. The molecule has 34 heavy (non-hydrogen) atoms. The van der Waals surface area contributed by atoms with Gasteiger partial charge in [-0.15, -0.1) is 0 Å². The van der Waals surface area contributed by atoms with E-state index in [4.69, 9.17) is 8.92 Å². The highest BCUT2D eigenvalue weighted by molar-refractivity contribution is 7.87. The molecule has 6 nitrogen and oxygen atoms in total. The molecule has 0 aliphatic carbocycles. The Morgan fingerprint density at radius 1 is 0.941 bits per heavy atom. The number of nitrogens with zero attached hydrogens (tertiary/aromatic N) is 1. The average Bonchev–Trinajstić information content (AvgIpc) is 2.82. The molecule has 0 heterocycles. The third kappa shape index (κ3) is 5.91. The Bertz CT molecular complexity index is 1250. The first kappa shape index (κ1) is 25.2. The fourth-order valence-corrected chi connectivity index (χ4v) is 4.19. The van der Waals surface area contributed by atoms with Gasteiger partial charge >= 0.3 is 10.1 Å². The monoisotopic (exact) mass is 489 g/mol. The van der Waals surface area contributed by atoms with Gasteiger partial charge in [-0.25, -0.2) is 8.78 Å². The molecule has 9 heteroatoms. The summed E-state index contributed by atoms with van der Waals surface area (Å²) in [7, 11) is -2.88.